The molecule has 2 aliphatic heterocycles. The second kappa shape index (κ2) is 9.68. The van der Waals surface area contributed by atoms with Crippen molar-refractivity contribution in [3.8, 4) is 0 Å². The molecule has 3 aromatic rings. The van der Waals surface area contributed by atoms with E-state index in [2.05, 4.69) is 17.6 Å². The first-order valence-corrected chi connectivity index (χ1v) is 11.6. The van der Waals surface area contributed by atoms with Crippen LogP contribution in [0.1, 0.15) is 29.5 Å². The number of aliphatic imine (C=N–C) groups is 1. The molecule has 0 spiro atoms. The van der Waals surface area contributed by atoms with Crippen LogP contribution in [0.2, 0.25) is 0 Å². The predicted molar refractivity (Wildman–Crippen MR) is 133 cm³/mol. The number of hydrogen-bond donors (Lipinski definition) is 2. The molecule has 2 amide bonds. The first-order valence-electron chi connectivity index (χ1n) is 11.6. The van der Waals surface area contributed by atoms with Crippen molar-refractivity contribution in [1.29, 1.82) is 0 Å². The van der Waals surface area contributed by atoms with Crippen LogP contribution in [0.15, 0.2) is 71.7 Å². The average molecular weight is 473 g/mol. The van der Waals surface area contributed by atoms with Gasteiger partial charge in [-0.3, -0.25) is 14.7 Å². The minimum atomic E-state index is -0.699. The molecular formula is C27H25FN4O3. The van der Waals surface area contributed by atoms with Crippen LogP contribution in [-0.4, -0.2) is 37.4 Å². The zero-order valence-corrected chi connectivity index (χ0v) is 19.3. The molecule has 2 N–H and O–H groups in total. The highest BCUT2D eigenvalue weighted by Gasteiger charge is 2.36. The van der Waals surface area contributed by atoms with Crippen LogP contribution in [0.3, 0.4) is 0 Å². The topological polar surface area (TPSA) is 83.0 Å². The third-order valence-electron chi connectivity index (χ3n) is 6.12. The Morgan fingerprint density at radius 3 is 2.57 bits per heavy atom. The maximum atomic E-state index is 13.8. The fraction of sp³-hybridized carbons (Fsp3) is 0.222. The van der Waals surface area contributed by atoms with Crippen LogP contribution in [-0.2, 0) is 16.1 Å². The van der Waals surface area contributed by atoms with E-state index in [9.17, 15) is 14.0 Å². The van der Waals surface area contributed by atoms with E-state index in [4.69, 9.17) is 9.73 Å². The number of hydrogen-bond acceptors (Lipinski definition) is 5. The second-order valence-corrected chi connectivity index (χ2v) is 8.41. The Bertz CT molecular complexity index is 1290. The molecule has 1 unspecified atom stereocenters. The van der Waals surface area contributed by atoms with Crippen molar-refractivity contribution in [3.63, 3.8) is 0 Å². The van der Waals surface area contributed by atoms with E-state index in [1.54, 1.807) is 11.0 Å². The fourth-order valence-electron chi connectivity index (χ4n) is 4.34. The van der Waals surface area contributed by atoms with Gasteiger partial charge in [-0.1, -0.05) is 37.3 Å². The minimum Gasteiger partial charge on any atom is -0.447 e. The van der Waals surface area contributed by atoms with Crippen molar-refractivity contribution in [3.05, 3.63) is 89.2 Å². The molecule has 35 heavy (non-hydrogen) atoms. The number of cyclic esters (lactones) is 1. The van der Waals surface area contributed by atoms with Gasteiger partial charge in [0.1, 0.15) is 18.3 Å². The van der Waals surface area contributed by atoms with E-state index in [-0.39, 0.29) is 12.0 Å². The Hall–Kier alpha value is -4.04. The summed E-state index contributed by atoms with van der Waals surface area (Å²) < 4.78 is 18.8. The molecule has 0 bridgehead atoms. The highest BCUT2D eigenvalue weighted by molar-refractivity contribution is 6.24. The molecule has 1 atom stereocenters. The van der Waals surface area contributed by atoms with E-state index in [0.717, 1.165) is 24.2 Å². The number of anilines is 2. The highest BCUT2D eigenvalue weighted by atomic mass is 19.1. The molecule has 2 aliphatic rings. The summed E-state index contributed by atoms with van der Waals surface area (Å²) in [6, 6.07) is 19.4. The maximum Gasteiger partial charge on any atom is 0.414 e. The van der Waals surface area contributed by atoms with Crippen LogP contribution in [0.4, 0.5) is 26.2 Å². The number of fused-ring (bicyclic) bond motifs is 1. The lowest BCUT2D eigenvalue weighted by atomic mass is 9.90. The monoisotopic (exact) mass is 472 g/mol. The summed E-state index contributed by atoms with van der Waals surface area (Å²) in [5.74, 6) is -1.38. The van der Waals surface area contributed by atoms with Crippen LogP contribution in [0.25, 0.3) is 0 Å². The van der Waals surface area contributed by atoms with Gasteiger partial charge in [0.25, 0.3) is 0 Å². The maximum absolute atomic E-state index is 13.8. The van der Waals surface area contributed by atoms with Crippen LogP contribution >= 0.6 is 0 Å². The van der Waals surface area contributed by atoms with Gasteiger partial charge in [-0.05, 0) is 59.6 Å². The zero-order chi connectivity index (χ0) is 24.4. The van der Waals surface area contributed by atoms with Crippen molar-refractivity contribution in [2.75, 3.05) is 29.9 Å². The molecule has 2 heterocycles. The summed E-state index contributed by atoms with van der Waals surface area (Å²) in [5, 5.41) is 6.07. The molecule has 0 aliphatic carbocycles. The van der Waals surface area contributed by atoms with Crippen LogP contribution in [0, 0.1) is 5.82 Å². The SMILES string of the molecule is CCNCc1ccc(N=C(c2ccc(N3CCOC3=O)cc2)C2C(=O)Nc3cc(F)ccc32)cc1. The van der Waals surface area contributed by atoms with Crippen molar-refractivity contribution in [2.45, 2.75) is 19.4 Å². The number of benzene rings is 3. The molecule has 0 radical (unpaired) electrons. The van der Waals surface area contributed by atoms with Gasteiger partial charge in [-0.15, -0.1) is 0 Å². The average Bonchev–Trinajstić information content (AvgIpc) is 3.43. The molecular weight excluding hydrogens is 447 g/mol. The number of nitrogens with one attached hydrogen (secondary N) is 2. The third-order valence-corrected chi connectivity index (χ3v) is 6.12. The summed E-state index contributed by atoms with van der Waals surface area (Å²) in [7, 11) is 0. The number of rotatable bonds is 7. The second-order valence-electron chi connectivity index (χ2n) is 8.41. The lowest BCUT2D eigenvalue weighted by molar-refractivity contribution is -0.115. The molecule has 7 nitrogen and oxygen atoms in total. The number of amides is 2. The molecule has 0 aromatic heterocycles. The van der Waals surface area contributed by atoms with Crippen molar-refractivity contribution < 1.29 is 18.7 Å². The Balaban J connectivity index is 1.54. The molecule has 1 fully saturated rings. The Morgan fingerprint density at radius 1 is 1.11 bits per heavy atom. The quantitative estimate of drug-likeness (QED) is 0.486. The number of carbonyl (C=O) groups is 2. The van der Waals surface area contributed by atoms with E-state index < -0.39 is 11.7 Å². The summed E-state index contributed by atoms with van der Waals surface area (Å²) in [4.78, 5) is 31.4. The minimum absolute atomic E-state index is 0.264. The number of nitrogens with zero attached hydrogens (tertiary/aromatic N) is 2. The van der Waals surface area contributed by atoms with Crippen molar-refractivity contribution in [1.82, 2.24) is 5.32 Å². The molecule has 0 saturated carbocycles. The number of halogens is 1. The van der Waals surface area contributed by atoms with E-state index >= 15 is 0 Å². The third kappa shape index (κ3) is 4.65. The van der Waals surface area contributed by atoms with E-state index in [1.165, 1.54) is 12.1 Å². The van der Waals surface area contributed by atoms with Gasteiger partial charge >= 0.3 is 6.09 Å². The van der Waals surface area contributed by atoms with Gasteiger partial charge in [0.05, 0.1) is 17.9 Å². The van der Waals surface area contributed by atoms with Crippen LogP contribution < -0.4 is 15.5 Å². The summed E-state index contributed by atoms with van der Waals surface area (Å²) >= 11 is 0. The van der Waals surface area contributed by atoms with Crippen LogP contribution in [0.5, 0.6) is 0 Å². The molecule has 5 rings (SSSR count). The highest BCUT2D eigenvalue weighted by Crippen LogP contribution is 2.37. The summed E-state index contributed by atoms with van der Waals surface area (Å²) in [5.41, 5.74) is 4.95. The molecule has 1 saturated heterocycles. The predicted octanol–water partition coefficient (Wildman–Crippen LogP) is 4.75. The first-order chi connectivity index (χ1) is 17.0. The number of ether oxygens (including phenoxy) is 1. The molecule has 8 heteroatoms. The van der Waals surface area contributed by atoms with Crippen molar-refractivity contribution in [2.24, 2.45) is 4.99 Å². The Morgan fingerprint density at radius 2 is 1.89 bits per heavy atom. The smallest absolute Gasteiger partial charge is 0.414 e. The van der Waals surface area contributed by atoms with E-state index in [1.807, 2.05) is 48.5 Å². The van der Waals surface area contributed by atoms with E-state index in [0.29, 0.717) is 41.5 Å². The van der Waals surface area contributed by atoms with Gasteiger partial charge < -0.3 is 15.4 Å². The number of carbonyl (C=O) groups excluding carboxylic acids is 2. The van der Waals surface area contributed by atoms with Gasteiger partial charge in [0.2, 0.25) is 5.91 Å². The molecule has 3 aromatic carbocycles. The summed E-state index contributed by atoms with van der Waals surface area (Å²) in [6.07, 6.45) is -0.379. The Labute approximate surface area is 202 Å². The van der Waals surface area contributed by atoms with Gasteiger partial charge in [-0.2, -0.15) is 0 Å². The normalized spacial score (nSPS) is 17.4. The standard InChI is InChI=1S/C27H25FN4O3/c1-2-29-16-17-3-8-20(9-4-17)30-25(24-22-12-7-19(28)15-23(22)31-26(24)33)18-5-10-21(11-6-18)32-13-14-35-27(32)34/h3-12,15,24,29H,2,13-14,16H2,1H3,(H,31,33). The largest absolute Gasteiger partial charge is 0.447 e. The van der Waals surface area contributed by atoms with Crippen molar-refractivity contribution >= 4 is 34.8 Å². The Kier molecular flexibility index (Phi) is 6.29. The fourth-order valence-corrected chi connectivity index (χ4v) is 4.34. The zero-order valence-electron chi connectivity index (χ0n) is 19.3. The lowest BCUT2D eigenvalue weighted by Crippen LogP contribution is -2.24. The first kappa shape index (κ1) is 22.7. The summed E-state index contributed by atoms with van der Waals surface area (Å²) in [6.45, 7) is 4.54. The van der Waals surface area contributed by atoms with Gasteiger partial charge in [0, 0.05) is 17.9 Å². The lowest BCUT2D eigenvalue weighted by Gasteiger charge is -2.16. The van der Waals surface area contributed by atoms with Gasteiger partial charge in [-0.25, -0.2) is 9.18 Å². The molecule has 178 valence electrons. The van der Waals surface area contributed by atoms with Gasteiger partial charge in [0.15, 0.2) is 0 Å².